The molecular formula is C17H25F3IN7. The SMILES string of the molecule is CCNC(=NCCc1nnc2ccccn12)NC1CCN(CC(F)(F)F)C1.I. The van der Waals surface area contributed by atoms with Gasteiger partial charge in [-0.2, -0.15) is 13.2 Å². The molecule has 1 fully saturated rings. The molecule has 2 N–H and O–H groups in total. The summed E-state index contributed by atoms with van der Waals surface area (Å²) >= 11 is 0. The predicted octanol–water partition coefficient (Wildman–Crippen LogP) is 2.08. The van der Waals surface area contributed by atoms with Crippen molar-refractivity contribution in [1.82, 2.24) is 30.1 Å². The van der Waals surface area contributed by atoms with Crippen molar-refractivity contribution in [1.29, 1.82) is 0 Å². The first kappa shape index (κ1) is 22.7. The van der Waals surface area contributed by atoms with Crippen molar-refractivity contribution in [2.45, 2.75) is 32.0 Å². The maximum absolute atomic E-state index is 12.5. The molecule has 1 aliphatic rings. The maximum Gasteiger partial charge on any atom is 0.401 e. The summed E-state index contributed by atoms with van der Waals surface area (Å²) < 4.78 is 39.5. The quantitative estimate of drug-likeness (QED) is 0.353. The molecule has 2 aromatic rings. The van der Waals surface area contributed by atoms with E-state index < -0.39 is 12.7 Å². The molecule has 7 nitrogen and oxygen atoms in total. The fourth-order valence-electron chi connectivity index (χ4n) is 3.19. The van der Waals surface area contributed by atoms with Crippen molar-refractivity contribution in [2.24, 2.45) is 4.99 Å². The number of nitrogens with one attached hydrogen (secondary N) is 2. The molecule has 2 aromatic heterocycles. The molecule has 3 rings (SSSR count). The number of hydrogen-bond acceptors (Lipinski definition) is 4. The van der Waals surface area contributed by atoms with Gasteiger partial charge in [0.15, 0.2) is 11.6 Å². The standard InChI is InChI=1S/C17H24F3N7.HI/c1-2-21-16(23-13-7-10-26(11-13)12-17(18,19)20)22-8-6-15-25-24-14-5-3-4-9-27(14)15;/h3-5,9,13H,2,6-8,10-12H2,1H3,(H2,21,22,23);1H. The average molecular weight is 511 g/mol. The zero-order chi connectivity index (χ0) is 19.3. The van der Waals surface area contributed by atoms with Crippen LogP contribution in [0.15, 0.2) is 29.4 Å². The summed E-state index contributed by atoms with van der Waals surface area (Å²) in [5.41, 5.74) is 0.789. The van der Waals surface area contributed by atoms with Gasteiger partial charge in [0.2, 0.25) is 0 Å². The van der Waals surface area contributed by atoms with Crippen molar-refractivity contribution in [2.75, 3.05) is 32.7 Å². The number of halogens is 4. The van der Waals surface area contributed by atoms with E-state index in [9.17, 15) is 13.2 Å². The molecule has 0 bridgehead atoms. The summed E-state index contributed by atoms with van der Waals surface area (Å²) in [6.45, 7) is 3.07. The highest BCUT2D eigenvalue weighted by Crippen LogP contribution is 2.19. The van der Waals surface area contributed by atoms with Gasteiger partial charge in [0.05, 0.1) is 6.54 Å². The lowest BCUT2D eigenvalue weighted by Gasteiger charge is -2.19. The van der Waals surface area contributed by atoms with Gasteiger partial charge in [-0.25, -0.2) is 0 Å². The van der Waals surface area contributed by atoms with Crippen molar-refractivity contribution in [3.8, 4) is 0 Å². The zero-order valence-corrected chi connectivity index (χ0v) is 17.9. The first-order valence-electron chi connectivity index (χ1n) is 9.07. The van der Waals surface area contributed by atoms with E-state index in [-0.39, 0.29) is 30.0 Å². The van der Waals surface area contributed by atoms with Crippen LogP contribution in [0, 0.1) is 0 Å². The van der Waals surface area contributed by atoms with Gasteiger partial charge >= 0.3 is 6.18 Å². The Hall–Kier alpha value is -1.63. The van der Waals surface area contributed by atoms with E-state index >= 15 is 0 Å². The highest BCUT2D eigenvalue weighted by atomic mass is 127. The molecule has 28 heavy (non-hydrogen) atoms. The molecule has 156 valence electrons. The number of hydrogen-bond donors (Lipinski definition) is 2. The van der Waals surface area contributed by atoms with E-state index in [4.69, 9.17) is 0 Å². The largest absolute Gasteiger partial charge is 0.401 e. The number of nitrogens with zero attached hydrogens (tertiary/aromatic N) is 5. The van der Waals surface area contributed by atoms with Crippen LogP contribution in [0.25, 0.3) is 5.65 Å². The summed E-state index contributed by atoms with van der Waals surface area (Å²) in [5.74, 6) is 1.44. The molecule has 11 heteroatoms. The van der Waals surface area contributed by atoms with Crippen LogP contribution in [0.1, 0.15) is 19.2 Å². The molecule has 0 aromatic carbocycles. The number of aromatic nitrogens is 3. The van der Waals surface area contributed by atoms with Crippen LogP contribution in [0.5, 0.6) is 0 Å². The van der Waals surface area contributed by atoms with Crippen LogP contribution < -0.4 is 10.6 Å². The summed E-state index contributed by atoms with van der Waals surface area (Å²) in [7, 11) is 0. The highest BCUT2D eigenvalue weighted by Gasteiger charge is 2.34. The number of guanidine groups is 1. The van der Waals surface area contributed by atoms with Crippen LogP contribution >= 0.6 is 24.0 Å². The molecule has 3 heterocycles. The van der Waals surface area contributed by atoms with E-state index in [1.54, 1.807) is 0 Å². The molecule has 0 aliphatic carbocycles. The van der Waals surface area contributed by atoms with Gasteiger partial charge in [-0.1, -0.05) is 6.07 Å². The summed E-state index contributed by atoms with van der Waals surface area (Å²) in [6, 6.07) is 5.67. The Balaban J connectivity index is 0.00000280. The molecule has 1 saturated heterocycles. The monoisotopic (exact) mass is 511 g/mol. The van der Waals surface area contributed by atoms with Gasteiger partial charge in [0.25, 0.3) is 0 Å². The highest BCUT2D eigenvalue weighted by molar-refractivity contribution is 14.0. The molecular weight excluding hydrogens is 486 g/mol. The number of rotatable bonds is 6. The molecule has 1 atom stereocenters. The third-order valence-corrected chi connectivity index (χ3v) is 4.35. The second-order valence-corrected chi connectivity index (χ2v) is 6.54. The minimum Gasteiger partial charge on any atom is -0.357 e. The summed E-state index contributed by atoms with van der Waals surface area (Å²) in [4.78, 5) is 5.95. The van der Waals surface area contributed by atoms with Crippen molar-refractivity contribution < 1.29 is 13.2 Å². The van der Waals surface area contributed by atoms with Gasteiger partial charge in [0, 0.05) is 44.8 Å². The average Bonchev–Trinajstić information content (AvgIpc) is 3.21. The third kappa shape index (κ3) is 6.47. The molecule has 1 aliphatic heterocycles. The van der Waals surface area contributed by atoms with Gasteiger partial charge in [0.1, 0.15) is 5.82 Å². The minimum absolute atomic E-state index is 0. The Morgan fingerprint density at radius 3 is 2.89 bits per heavy atom. The van der Waals surface area contributed by atoms with Crippen LogP contribution in [-0.4, -0.2) is 70.4 Å². The first-order chi connectivity index (χ1) is 12.9. The van der Waals surface area contributed by atoms with Crippen LogP contribution in [0.2, 0.25) is 0 Å². The second kappa shape index (κ2) is 10.2. The van der Waals surface area contributed by atoms with E-state index in [2.05, 4.69) is 25.8 Å². The summed E-state index contributed by atoms with van der Waals surface area (Å²) in [5, 5.41) is 14.7. The Morgan fingerprint density at radius 2 is 2.14 bits per heavy atom. The molecule has 0 radical (unpaired) electrons. The van der Waals surface area contributed by atoms with Gasteiger partial charge < -0.3 is 10.6 Å². The second-order valence-electron chi connectivity index (χ2n) is 6.54. The van der Waals surface area contributed by atoms with Crippen LogP contribution in [-0.2, 0) is 6.42 Å². The van der Waals surface area contributed by atoms with Gasteiger partial charge in [-0.3, -0.25) is 14.3 Å². The fraction of sp³-hybridized carbons (Fsp3) is 0.588. The lowest BCUT2D eigenvalue weighted by atomic mass is 10.3. The van der Waals surface area contributed by atoms with Crippen molar-refractivity contribution in [3.05, 3.63) is 30.2 Å². The molecule has 0 saturated carbocycles. The normalized spacial score (nSPS) is 18.3. The van der Waals surface area contributed by atoms with E-state index in [1.807, 2.05) is 35.7 Å². The zero-order valence-electron chi connectivity index (χ0n) is 15.6. The van der Waals surface area contributed by atoms with Crippen molar-refractivity contribution in [3.63, 3.8) is 0 Å². The van der Waals surface area contributed by atoms with Crippen LogP contribution in [0.4, 0.5) is 13.2 Å². The topological polar surface area (TPSA) is 69.8 Å². The lowest BCUT2D eigenvalue weighted by Crippen LogP contribution is -2.45. The lowest BCUT2D eigenvalue weighted by molar-refractivity contribution is -0.143. The number of fused-ring (bicyclic) bond motifs is 1. The molecule has 1 unspecified atom stereocenters. The number of pyridine rings is 1. The van der Waals surface area contributed by atoms with E-state index in [1.165, 1.54) is 4.90 Å². The Morgan fingerprint density at radius 1 is 1.32 bits per heavy atom. The van der Waals surface area contributed by atoms with E-state index in [0.29, 0.717) is 45.0 Å². The molecule has 0 spiro atoms. The van der Waals surface area contributed by atoms with Crippen molar-refractivity contribution >= 4 is 35.6 Å². The smallest absolute Gasteiger partial charge is 0.357 e. The third-order valence-electron chi connectivity index (χ3n) is 4.35. The number of likely N-dealkylation sites (tertiary alicyclic amines) is 1. The predicted molar refractivity (Wildman–Crippen MR) is 112 cm³/mol. The number of aliphatic imine (C=N–C) groups is 1. The minimum atomic E-state index is -4.16. The van der Waals surface area contributed by atoms with E-state index in [0.717, 1.165) is 11.5 Å². The van der Waals surface area contributed by atoms with Gasteiger partial charge in [-0.15, -0.1) is 34.2 Å². The maximum atomic E-state index is 12.5. The number of alkyl halides is 3. The molecule has 0 amide bonds. The summed E-state index contributed by atoms with van der Waals surface area (Å²) in [6.07, 6.45) is -0.970. The van der Waals surface area contributed by atoms with Crippen LogP contribution in [0.3, 0.4) is 0 Å². The fourth-order valence-corrected chi connectivity index (χ4v) is 3.19. The Kier molecular flexibility index (Phi) is 8.28. The Labute approximate surface area is 178 Å². The Bertz CT molecular complexity index is 777. The van der Waals surface area contributed by atoms with Gasteiger partial charge in [-0.05, 0) is 25.5 Å². The first-order valence-corrected chi connectivity index (χ1v) is 9.07.